The summed E-state index contributed by atoms with van der Waals surface area (Å²) in [4.78, 5) is 0. The Balaban J connectivity index is 0.00000196. The highest BCUT2D eigenvalue weighted by Crippen LogP contribution is 2.33. The number of nitrogens with two attached hydrogens (primary N) is 1. The molecule has 15 heavy (non-hydrogen) atoms. The number of phenolic OH excluding ortho intramolecular Hbond substituents is 2. The van der Waals surface area contributed by atoms with Crippen LogP contribution in [0.4, 0.5) is 0 Å². The number of allylic oxidation sites excluding steroid dienone is 1. The normalized spacial score (nSPS) is 11.5. The van der Waals surface area contributed by atoms with E-state index in [4.69, 9.17) is 5.73 Å². The zero-order chi connectivity index (χ0) is 10.6. The second-order valence-corrected chi connectivity index (χ2v) is 3.19. The Morgan fingerprint density at radius 2 is 2.07 bits per heavy atom. The maximum absolute atomic E-state index is 9.51. The topological polar surface area (TPSA) is 66.5 Å². The van der Waals surface area contributed by atoms with E-state index >= 15 is 0 Å². The van der Waals surface area contributed by atoms with Crippen molar-refractivity contribution in [3.8, 4) is 11.5 Å². The summed E-state index contributed by atoms with van der Waals surface area (Å²) in [7, 11) is 0. The van der Waals surface area contributed by atoms with Gasteiger partial charge in [0.05, 0.1) is 0 Å². The summed E-state index contributed by atoms with van der Waals surface area (Å²) < 4.78 is 0. The Kier molecular flexibility index (Phi) is 5.82. The van der Waals surface area contributed by atoms with Crippen LogP contribution >= 0.6 is 12.4 Å². The number of para-hydroxylation sites is 1. The molecule has 0 radical (unpaired) electrons. The van der Waals surface area contributed by atoms with Crippen LogP contribution in [0.25, 0.3) is 0 Å². The molecule has 0 fully saturated rings. The molecule has 1 rings (SSSR count). The summed E-state index contributed by atoms with van der Waals surface area (Å²) in [5.41, 5.74) is 6.41. The molecule has 3 nitrogen and oxygen atoms in total. The molecule has 0 saturated heterocycles. The fourth-order valence-corrected chi connectivity index (χ4v) is 1.30. The molecule has 0 aliphatic rings. The van der Waals surface area contributed by atoms with Gasteiger partial charge in [0, 0.05) is 11.6 Å². The van der Waals surface area contributed by atoms with E-state index in [1.165, 1.54) is 6.07 Å². The van der Waals surface area contributed by atoms with E-state index in [0.29, 0.717) is 12.0 Å². The summed E-state index contributed by atoms with van der Waals surface area (Å²) in [5.74, 6) is -0.249. The number of aromatic hydroxyl groups is 2. The minimum atomic E-state index is -0.264. The Hall–Kier alpha value is -1.19. The van der Waals surface area contributed by atoms with Gasteiger partial charge in [-0.3, -0.25) is 0 Å². The molecule has 0 aromatic heterocycles. The van der Waals surface area contributed by atoms with Crippen molar-refractivity contribution in [2.75, 3.05) is 0 Å². The Morgan fingerprint density at radius 3 is 2.67 bits per heavy atom. The van der Waals surface area contributed by atoms with Crippen molar-refractivity contribution in [2.45, 2.75) is 18.9 Å². The molecule has 0 unspecified atom stereocenters. The standard InChI is InChI=1S/C11H15NO2.ClH/c1-2-3-6-9(12)8-5-4-7-10(13)11(8)14;/h2,4-5,7,9,13-14H,1,3,6,12H2;1H/t9-;/m1./s1. The molecule has 1 aromatic carbocycles. The molecular formula is C11H16ClNO2. The van der Waals surface area contributed by atoms with Crippen molar-refractivity contribution < 1.29 is 10.2 Å². The highest BCUT2D eigenvalue weighted by atomic mass is 35.5. The van der Waals surface area contributed by atoms with Crippen LogP contribution in [0.15, 0.2) is 30.9 Å². The van der Waals surface area contributed by atoms with E-state index in [9.17, 15) is 10.2 Å². The van der Waals surface area contributed by atoms with Gasteiger partial charge in [-0.1, -0.05) is 18.2 Å². The van der Waals surface area contributed by atoms with Crippen molar-refractivity contribution in [1.29, 1.82) is 0 Å². The molecule has 4 heteroatoms. The summed E-state index contributed by atoms with van der Waals surface area (Å²) in [6.45, 7) is 3.60. The molecule has 0 aliphatic carbocycles. The summed E-state index contributed by atoms with van der Waals surface area (Å²) in [6.07, 6.45) is 3.27. The van der Waals surface area contributed by atoms with Gasteiger partial charge in [-0.05, 0) is 18.9 Å². The highest BCUT2D eigenvalue weighted by Gasteiger charge is 2.12. The van der Waals surface area contributed by atoms with Gasteiger partial charge in [0.25, 0.3) is 0 Å². The lowest BCUT2D eigenvalue weighted by molar-refractivity contribution is 0.395. The van der Waals surface area contributed by atoms with Crippen LogP contribution in [0.3, 0.4) is 0 Å². The number of rotatable bonds is 4. The number of benzene rings is 1. The average molecular weight is 230 g/mol. The number of phenols is 2. The summed E-state index contributed by atoms with van der Waals surface area (Å²) in [5, 5.41) is 18.8. The van der Waals surface area contributed by atoms with Crippen LogP contribution in [0.2, 0.25) is 0 Å². The van der Waals surface area contributed by atoms with E-state index in [2.05, 4.69) is 6.58 Å². The molecule has 0 amide bonds. The lowest BCUT2D eigenvalue weighted by Crippen LogP contribution is -2.09. The largest absolute Gasteiger partial charge is 0.504 e. The third kappa shape index (κ3) is 3.46. The van der Waals surface area contributed by atoms with Crippen molar-refractivity contribution in [1.82, 2.24) is 0 Å². The predicted molar refractivity (Wildman–Crippen MR) is 63.4 cm³/mol. The molecule has 0 aliphatic heterocycles. The van der Waals surface area contributed by atoms with E-state index < -0.39 is 0 Å². The maximum atomic E-state index is 9.51. The molecule has 1 aromatic rings. The van der Waals surface area contributed by atoms with Gasteiger partial charge in [-0.2, -0.15) is 0 Å². The first-order chi connectivity index (χ1) is 6.66. The molecule has 1 atom stereocenters. The summed E-state index contributed by atoms with van der Waals surface area (Å²) >= 11 is 0. The fourth-order valence-electron chi connectivity index (χ4n) is 1.30. The minimum Gasteiger partial charge on any atom is -0.504 e. The van der Waals surface area contributed by atoms with E-state index in [1.54, 1.807) is 18.2 Å². The average Bonchev–Trinajstić information content (AvgIpc) is 2.18. The quantitative estimate of drug-likeness (QED) is 0.549. The van der Waals surface area contributed by atoms with Crippen molar-refractivity contribution >= 4 is 12.4 Å². The van der Waals surface area contributed by atoms with Crippen molar-refractivity contribution in [2.24, 2.45) is 5.73 Å². The summed E-state index contributed by atoms with van der Waals surface area (Å²) in [6, 6.07) is 4.54. The smallest absolute Gasteiger partial charge is 0.162 e. The van der Waals surface area contributed by atoms with Gasteiger partial charge < -0.3 is 15.9 Å². The SMILES string of the molecule is C=CCC[C@@H](N)c1cccc(O)c1O.Cl. The van der Waals surface area contributed by atoms with Crippen LogP contribution in [0.5, 0.6) is 11.5 Å². The second kappa shape index (κ2) is 6.32. The Labute approximate surface area is 95.6 Å². The van der Waals surface area contributed by atoms with E-state index in [0.717, 1.165) is 6.42 Å². The van der Waals surface area contributed by atoms with Crippen LogP contribution in [0.1, 0.15) is 24.4 Å². The van der Waals surface area contributed by atoms with Crippen LogP contribution in [-0.2, 0) is 0 Å². The zero-order valence-electron chi connectivity index (χ0n) is 8.39. The Morgan fingerprint density at radius 1 is 1.40 bits per heavy atom. The van der Waals surface area contributed by atoms with Crippen LogP contribution < -0.4 is 5.73 Å². The van der Waals surface area contributed by atoms with Gasteiger partial charge in [0.15, 0.2) is 11.5 Å². The number of hydrogen-bond donors (Lipinski definition) is 3. The number of halogens is 1. The molecular weight excluding hydrogens is 214 g/mol. The van der Waals surface area contributed by atoms with Gasteiger partial charge >= 0.3 is 0 Å². The van der Waals surface area contributed by atoms with Gasteiger partial charge in [-0.15, -0.1) is 19.0 Å². The van der Waals surface area contributed by atoms with E-state index in [1.807, 2.05) is 0 Å². The lowest BCUT2D eigenvalue weighted by Gasteiger charge is -2.12. The first kappa shape index (κ1) is 13.8. The second-order valence-electron chi connectivity index (χ2n) is 3.19. The van der Waals surface area contributed by atoms with Crippen molar-refractivity contribution in [3.05, 3.63) is 36.4 Å². The third-order valence-electron chi connectivity index (χ3n) is 2.13. The van der Waals surface area contributed by atoms with Crippen LogP contribution in [0, 0.1) is 0 Å². The Bertz CT molecular complexity index is 328. The minimum absolute atomic E-state index is 0. The monoisotopic (exact) mass is 229 g/mol. The highest BCUT2D eigenvalue weighted by molar-refractivity contribution is 5.85. The lowest BCUT2D eigenvalue weighted by atomic mass is 10.0. The molecule has 4 N–H and O–H groups in total. The van der Waals surface area contributed by atoms with E-state index in [-0.39, 0.29) is 29.9 Å². The van der Waals surface area contributed by atoms with Gasteiger partial charge in [-0.25, -0.2) is 0 Å². The molecule has 0 heterocycles. The first-order valence-corrected chi connectivity index (χ1v) is 4.54. The van der Waals surface area contributed by atoms with Gasteiger partial charge in [0.1, 0.15) is 0 Å². The molecule has 0 saturated carbocycles. The van der Waals surface area contributed by atoms with Crippen molar-refractivity contribution in [3.63, 3.8) is 0 Å². The third-order valence-corrected chi connectivity index (χ3v) is 2.13. The first-order valence-electron chi connectivity index (χ1n) is 4.54. The predicted octanol–water partition coefficient (Wildman–Crippen LogP) is 2.49. The molecule has 0 spiro atoms. The molecule has 0 bridgehead atoms. The maximum Gasteiger partial charge on any atom is 0.162 e. The van der Waals surface area contributed by atoms with Crippen LogP contribution in [-0.4, -0.2) is 10.2 Å². The zero-order valence-corrected chi connectivity index (χ0v) is 9.20. The fraction of sp³-hybridized carbons (Fsp3) is 0.273. The molecule has 84 valence electrons. The number of hydrogen-bond acceptors (Lipinski definition) is 3. The van der Waals surface area contributed by atoms with Gasteiger partial charge in [0.2, 0.25) is 0 Å².